The molecule has 2 aromatic carbocycles. The molecule has 0 bridgehead atoms. The normalized spacial score (nSPS) is 12.4. The number of carbonyl (C=O) groups excluding carboxylic acids is 1. The molecule has 2 rings (SSSR count). The lowest BCUT2D eigenvalue weighted by atomic mass is 10.2. The topological polar surface area (TPSA) is 50.7 Å². The third kappa shape index (κ3) is 7.17. The molecule has 0 aliphatic heterocycles. The average Bonchev–Trinajstić information content (AvgIpc) is 2.62. The van der Waals surface area contributed by atoms with Gasteiger partial charge in [-0.25, -0.2) is 4.79 Å². The zero-order valence-corrected chi connectivity index (χ0v) is 19.5. The summed E-state index contributed by atoms with van der Waals surface area (Å²) in [5.41, 5.74) is 0.620. The average molecular weight is 516 g/mol. The highest BCUT2D eigenvalue weighted by molar-refractivity contribution is 8.00. The molecule has 0 unspecified atom stereocenters. The smallest absolute Gasteiger partial charge is 0.348 e. The number of alkyl halides is 4. The number of nitrogens with zero attached hydrogens (tertiary/aromatic N) is 1. The summed E-state index contributed by atoms with van der Waals surface area (Å²) in [6, 6.07) is 9.75. The molecule has 2 aromatic rings. The highest BCUT2D eigenvalue weighted by Gasteiger charge is 2.38. The number of halogens is 6. The van der Waals surface area contributed by atoms with Gasteiger partial charge in [-0.3, -0.25) is 0 Å². The number of anilines is 1. The summed E-state index contributed by atoms with van der Waals surface area (Å²) in [5.74, 6) is -0.0415. The van der Waals surface area contributed by atoms with Crippen LogP contribution in [0.2, 0.25) is 10.0 Å². The summed E-state index contributed by atoms with van der Waals surface area (Å²) in [6.07, 6.45) is -0.297. The highest BCUT2D eigenvalue weighted by Crippen LogP contribution is 2.42. The van der Waals surface area contributed by atoms with Crippen molar-refractivity contribution in [3.8, 4) is 0 Å². The number of urea groups is 1. The second kappa shape index (κ2) is 10.9. The Kier molecular flexibility index (Phi) is 9.06. The first-order chi connectivity index (χ1) is 14.0. The number of hydrogen-bond donors (Lipinski definition) is 1. The number of carbonyl (C=O) groups is 1. The number of ether oxygens (including phenoxy) is 1. The fourth-order valence-electron chi connectivity index (χ4n) is 2.12. The second-order valence-electron chi connectivity index (χ2n) is 6.10. The van der Waals surface area contributed by atoms with Crippen LogP contribution >= 0.6 is 58.2 Å². The van der Waals surface area contributed by atoms with E-state index in [4.69, 9.17) is 51.1 Å². The third-order valence-electron chi connectivity index (χ3n) is 3.34. The van der Waals surface area contributed by atoms with E-state index in [1.165, 1.54) is 24.3 Å². The van der Waals surface area contributed by atoms with E-state index in [1.807, 2.05) is 0 Å². The van der Waals surface area contributed by atoms with Gasteiger partial charge in [0.1, 0.15) is 0 Å². The lowest BCUT2D eigenvalue weighted by molar-refractivity contribution is 0.122. The van der Waals surface area contributed by atoms with E-state index >= 15 is 0 Å². The summed E-state index contributed by atoms with van der Waals surface area (Å²) in [6.45, 7) is 3.52. The summed E-state index contributed by atoms with van der Waals surface area (Å²) >= 11 is 23.1. The van der Waals surface area contributed by atoms with Crippen molar-refractivity contribution < 1.29 is 18.3 Å². The van der Waals surface area contributed by atoms with Gasteiger partial charge >= 0.3 is 11.3 Å². The van der Waals surface area contributed by atoms with Crippen LogP contribution in [-0.2, 0) is 4.74 Å². The zero-order valence-electron chi connectivity index (χ0n) is 15.6. The maximum Gasteiger partial charge on any atom is 0.348 e. The van der Waals surface area contributed by atoms with Gasteiger partial charge in [0, 0.05) is 10.6 Å². The van der Waals surface area contributed by atoms with E-state index in [1.54, 1.807) is 32.0 Å². The summed E-state index contributed by atoms with van der Waals surface area (Å²) < 4.78 is 32.8. The first kappa shape index (κ1) is 25.0. The van der Waals surface area contributed by atoms with Crippen LogP contribution in [0.25, 0.3) is 0 Å². The van der Waals surface area contributed by atoms with Crippen LogP contribution in [0.3, 0.4) is 0 Å². The predicted octanol–water partition coefficient (Wildman–Crippen LogP) is 7.89. The molecule has 2 amide bonds. The Morgan fingerprint density at radius 2 is 1.67 bits per heavy atom. The van der Waals surface area contributed by atoms with Crippen molar-refractivity contribution in [1.82, 2.24) is 0 Å². The van der Waals surface area contributed by atoms with E-state index in [0.717, 1.165) is 0 Å². The van der Waals surface area contributed by atoms with Gasteiger partial charge in [0.2, 0.25) is 5.90 Å². The fourth-order valence-corrected chi connectivity index (χ4v) is 3.62. The molecule has 0 spiro atoms. The van der Waals surface area contributed by atoms with E-state index in [0.29, 0.717) is 5.69 Å². The monoisotopic (exact) mass is 514 g/mol. The van der Waals surface area contributed by atoms with Crippen LogP contribution in [0, 0.1) is 0 Å². The SMILES string of the molecule is CC(C)OC(=NC(=O)Nc1ccc(SC(F)(F)C(Cl)Cl)cc1)c1c(Cl)cccc1Cl. The summed E-state index contributed by atoms with van der Waals surface area (Å²) in [4.78, 5) is 14.7. The molecule has 0 heterocycles. The Morgan fingerprint density at radius 3 is 2.17 bits per heavy atom. The second-order valence-corrected chi connectivity index (χ2v) is 9.23. The van der Waals surface area contributed by atoms with Crippen molar-refractivity contribution in [2.45, 2.75) is 34.9 Å². The summed E-state index contributed by atoms with van der Waals surface area (Å²) in [7, 11) is 0. The van der Waals surface area contributed by atoms with Gasteiger partial charge in [-0.05, 0) is 62.0 Å². The Hall–Kier alpha value is -1.25. The first-order valence-corrected chi connectivity index (χ1v) is 10.9. The minimum absolute atomic E-state index is 0.0415. The first-order valence-electron chi connectivity index (χ1n) is 8.45. The van der Waals surface area contributed by atoms with Crippen LogP contribution in [0.5, 0.6) is 0 Å². The van der Waals surface area contributed by atoms with Crippen molar-refractivity contribution in [2.24, 2.45) is 4.99 Å². The minimum atomic E-state index is -3.35. The molecule has 4 nitrogen and oxygen atoms in total. The van der Waals surface area contributed by atoms with Crippen LogP contribution in [0.15, 0.2) is 52.4 Å². The van der Waals surface area contributed by atoms with Crippen LogP contribution in [0.1, 0.15) is 19.4 Å². The van der Waals surface area contributed by atoms with Crippen molar-refractivity contribution in [3.63, 3.8) is 0 Å². The number of benzene rings is 2. The number of rotatable bonds is 6. The molecule has 0 saturated heterocycles. The van der Waals surface area contributed by atoms with Gasteiger partial charge < -0.3 is 10.1 Å². The van der Waals surface area contributed by atoms with Crippen molar-refractivity contribution in [2.75, 3.05) is 5.32 Å². The van der Waals surface area contributed by atoms with Gasteiger partial charge in [0.15, 0.2) is 4.84 Å². The predicted molar refractivity (Wildman–Crippen MR) is 121 cm³/mol. The van der Waals surface area contributed by atoms with E-state index in [2.05, 4.69) is 10.3 Å². The lowest BCUT2D eigenvalue weighted by Gasteiger charge is -2.16. The molecule has 0 aromatic heterocycles. The molecule has 0 atom stereocenters. The van der Waals surface area contributed by atoms with Gasteiger partial charge in [-0.1, -0.05) is 52.5 Å². The highest BCUT2D eigenvalue weighted by atomic mass is 35.5. The third-order valence-corrected chi connectivity index (χ3v) is 5.79. The van der Waals surface area contributed by atoms with Gasteiger partial charge in [-0.2, -0.15) is 13.8 Å². The van der Waals surface area contributed by atoms with Crippen molar-refractivity contribution in [3.05, 3.63) is 58.1 Å². The molecule has 0 fully saturated rings. The van der Waals surface area contributed by atoms with Crippen LogP contribution < -0.4 is 5.32 Å². The number of amides is 2. The molecule has 1 N–H and O–H groups in total. The van der Waals surface area contributed by atoms with Gasteiger partial charge in [-0.15, -0.1) is 0 Å². The van der Waals surface area contributed by atoms with Gasteiger partial charge in [0.05, 0.1) is 21.7 Å². The number of nitrogens with one attached hydrogen (secondary N) is 1. The molecule has 162 valence electrons. The quantitative estimate of drug-likeness (QED) is 0.184. The molecule has 0 radical (unpaired) electrons. The number of thioether (sulfide) groups is 1. The largest absolute Gasteiger partial charge is 0.474 e. The Bertz CT molecular complexity index is 905. The van der Waals surface area contributed by atoms with Gasteiger partial charge in [0.25, 0.3) is 0 Å². The van der Waals surface area contributed by atoms with Crippen molar-refractivity contribution >= 4 is 75.8 Å². The standard InChI is InChI=1S/C19H16Cl4F2N2O2S/c1-10(2)29-16(15-13(20)4-3-5-14(15)21)27-18(28)26-11-6-8-12(9-7-11)30-19(24,25)17(22)23/h3-10,17H,1-2H3,(H,26,28). The lowest BCUT2D eigenvalue weighted by Crippen LogP contribution is -2.19. The Labute approximate surface area is 196 Å². The molecule has 0 aliphatic carbocycles. The number of hydrogen-bond acceptors (Lipinski definition) is 3. The minimum Gasteiger partial charge on any atom is -0.474 e. The maximum atomic E-state index is 13.6. The summed E-state index contributed by atoms with van der Waals surface area (Å²) in [5, 5.41) is -0.282. The molecular formula is C19H16Cl4F2N2O2S. The Balaban J connectivity index is 2.19. The number of aliphatic imine (C=N–C) groups is 1. The van der Waals surface area contributed by atoms with E-state index in [9.17, 15) is 13.6 Å². The maximum absolute atomic E-state index is 13.6. The molecule has 0 saturated carbocycles. The Morgan fingerprint density at radius 1 is 1.10 bits per heavy atom. The molecule has 30 heavy (non-hydrogen) atoms. The molecule has 0 aliphatic rings. The zero-order chi connectivity index (χ0) is 22.5. The van der Waals surface area contributed by atoms with Crippen LogP contribution in [0.4, 0.5) is 19.3 Å². The van der Waals surface area contributed by atoms with E-state index in [-0.39, 0.29) is 44.3 Å². The van der Waals surface area contributed by atoms with E-state index < -0.39 is 16.1 Å². The van der Waals surface area contributed by atoms with Crippen LogP contribution in [-0.4, -0.2) is 28.1 Å². The molecule has 11 heteroatoms. The fraction of sp³-hybridized carbons (Fsp3) is 0.263. The van der Waals surface area contributed by atoms with Crippen molar-refractivity contribution in [1.29, 1.82) is 0 Å². The molecular weight excluding hydrogens is 500 g/mol.